The van der Waals surface area contributed by atoms with Gasteiger partial charge in [-0.05, 0) is 38.1 Å². The molecule has 0 aliphatic rings. The molecule has 130 valence electrons. The van der Waals surface area contributed by atoms with E-state index in [0.717, 1.165) is 24.8 Å². The molecular weight excluding hydrogens is 300 g/mol. The lowest BCUT2D eigenvalue weighted by molar-refractivity contribution is 0.327. The van der Waals surface area contributed by atoms with Crippen LogP contribution < -0.4 is 10.1 Å². The monoisotopic (exact) mass is 328 g/mol. The van der Waals surface area contributed by atoms with E-state index in [4.69, 9.17) is 4.74 Å². The number of nitrogens with zero attached hydrogens (tertiary/aromatic N) is 3. The maximum atomic E-state index is 5.74. The lowest BCUT2D eigenvalue weighted by atomic mass is 10.2. The minimum absolute atomic E-state index is 0.565. The van der Waals surface area contributed by atoms with Crippen molar-refractivity contribution >= 4 is 5.96 Å². The van der Waals surface area contributed by atoms with Crippen LogP contribution in [0.25, 0.3) is 0 Å². The van der Waals surface area contributed by atoms with Crippen molar-refractivity contribution in [3.8, 4) is 5.75 Å². The summed E-state index contributed by atoms with van der Waals surface area (Å²) in [5.74, 6) is 1.78. The highest BCUT2D eigenvalue weighted by atomic mass is 16.5. The summed E-state index contributed by atoms with van der Waals surface area (Å²) in [4.78, 5) is 6.78. The molecule has 0 bridgehead atoms. The molecule has 0 aliphatic carbocycles. The molecule has 5 nitrogen and oxygen atoms in total. The number of guanidine groups is 1. The highest BCUT2D eigenvalue weighted by Gasteiger charge is 2.08. The van der Waals surface area contributed by atoms with Gasteiger partial charge in [0.15, 0.2) is 5.96 Å². The van der Waals surface area contributed by atoms with Crippen LogP contribution in [0, 0.1) is 6.92 Å². The Morgan fingerprint density at radius 1 is 1.25 bits per heavy atom. The van der Waals surface area contributed by atoms with Crippen molar-refractivity contribution in [3.63, 3.8) is 0 Å². The summed E-state index contributed by atoms with van der Waals surface area (Å²) in [5, 5.41) is 3.33. The average molecular weight is 328 g/mol. The predicted molar refractivity (Wildman–Crippen MR) is 99.5 cm³/mol. The second-order valence-electron chi connectivity index (χ2n) is 5.86. The van der Waals surface area contributed by atoms with Gasteiger partial charge in [0, 0.05) is 32.5 Å². The summed E-state index contributed by atoms with van der Waals surface area (Å²) in [6.45, 7) is 6.99. The second-order valence-corrected chi connectivity index (χ2v) is 5.86. The highest BCUT2D eigenvalue weighted by Crippen LogP contribution is 2.11. The normalized spacial score (nSPS) is 11.4. The summed E-state index contributed by atoms with van der Waals surface area (Å²) in [5.41, 5.74) is 2.48. The number of aryl methyl sites for hydroxylation is 2. The SMILES string of the molecule is CCNC(=NCCOc1ccc(C)cc1)N(C)Cc1cccn1C. The Morgan fingerprint density at radius 3 is 2.62 bits per heavy atom. The zero-order valence-electron chi connectivity index (χ0n) is 15.1. The molecule has 1 aromatic heterocycles. The molecule has 0 amide bonds. The van der Waals surface area contributed by atoms with Crippen molar-refractivity contribution in [3.05, 3.63) is 53.9 Å². The number of nitrogens with one attached hydrogen (secondary N) is 1. The van der Waals surface area contributed by atoms with Crippen LogP contribution in [0.1, 0.15) is 18.2 Å². The van der Waals surface area contributed by atoms with Crippen molar-refractivity contribution in [1.82, 2.24) is 14.8 Å². The summed E-state index contributed by atoms with van der Waals surface area (Å²) < 4.78 is 7.86. The fourth-order valence-corrected chi connectivity index (χ4v) is 2.40. The van der Waals surface area contributed by atoms with Crippen LogP contribution in [-0.2, 0) is 13.6 Å². The molecule has 0 saturated heterocycles. The maximum absolute atomic E-state index is 5.74. The number of hydrogen-bond donors (Lipinski definition) is 1. The van der Waals surface area contributed by atoms with E-state index in [9.17, 15) is 0 Å². The van der Waals surface area contributed by atoms with E-state index in [-0.39, 0.29) is 0 Å². The molecule has 1 aromatic carbocycles. The van der Waals surface area contributed by atoms with E-state index < -0.39 is 0 Å². The van der Waals surface area contributed by atoms with Gasteiger partial charge < -0.3 is 19.5 Å². The molecule has 0 atom stereocenters. The zero-order chi connectivity index (χ0) is 17.4. The number of aromatic nitrogens is 1. The van der Waals surface area contributed by atoms with E-state index in [1.165, 1.54) is 11.3 Å². The van der Waals surface area contributed by atoms with Gasteiger partial charge in [0.25, 0.3) is 0 Å². The molecule has 5 heteroatoms. The Hall–Kier alpha value is -2.43. The number of rotatable bonds is 7. The van der Waals surface area contributed by atoms with Crippen LogP contribution in [0.5, 0.6) is 5.75 Å². The van der Waals surface area contributed by atoms with Crippen molar-refractivity contribution in [1.29, 1.82) is 0 Å². The zero-order valence-corrected chi connectivity index (χ0v) is 15.1. The third-order valence-electron chi connectivity index (χ3n) is 3.79. The van der Waals surface area contributed by atoms with E-state index in [1.807, 2.05) is 12.1 Å². The molecule has 1 heterocycles. The molecule has 0 fully saturated rings. The van der Waals surface area contributed by atoms with Gasteiger partial charge in [-0.25, -0.2) is 4.99 Å². The minimum atomic E-state index is 0.565. The van der Waals surface area contributed by atoms with Gasteiger partial charge in [0.2, 0.25) is 0 Å². The molecule has 0 saturated carbocycles. The summed E-state index contributed by atoms with van der Waals surface area (Å²) in [6.07, 6.45) is 2.06. The van der Waals surface area contributed by atoms with Crippen molar-refractivity contribution in [2.75, 3.05) is 26.7 Å². The second kappa shape index (κ2) is 9.01. The number of ether oxygens (including phenoxy) is 1. The van der Waals surface area contributed by atoms with Crippen molar-refractivity contribution < 1.29 is 4.74 Å². The van der Waals surface area contributed by atoms with Crippen LogP contribution in [0.2, 0.25) is 0 Å². The van der Waals surface area contributed by atoms with Gasteiger partial charge in [-0.3, -0.25) is 0 Å². The Labute approximate surface area is 145 Å². The van der Waals surface area contributed by atoms with E-state index >= 15 is 0 Å². The van der Waals surface area contributed by atoms with Crippen LogP contribution in [-0.4, -0.2) is 42.2 Å². The Kier molecular flexibility index (Phi) is 6.73. The first-order chi connectivity index (χ1) is 11.6. The van der Waals surface area contributed by atoms with Crippen molar-refractivity contribution in [2.45, 2.75) is 20.4 Å². The Bertz CT molecular complexity index is 646. The van der Waals surface area contributed by atoms with Gasteiger partial charge in [-0.15, -0.1) is 0 Å². The van der Waals surface area contributed by atoms with E-state index in [2.05, 4.69) is 78.2 Å². The molecule has 2 rings (SSSR count). The highest BCUT2D eigenvalue weighted by molar-refractivity contribution is 5.79. The third-order valence-corrected chi connectivity index (χ3v) is 3.79. The molecule has 1 N–H and O–H groups in total. The Balaban J connectivity index is 1.87. The number of benzene rings is 1. The quantitative estimate of drug-likeness (QED) is 0.483. The first-order valence-corrected chi connectivity index (χ1v) is 8.39. The van der Waals surface area contributed by atoms with Gasteiger partial charge in [-0.1, -0.05) is 17.7 Å². The molecular formula is C19H28N4O. The third kappa shape index (κ3) is 5.33. The average Bonchev–Trinajstić information content (AvgIpc) is 2.97. The minimum Gasteiger partial charge on any atom is -0.492 e. The smallest absolute Gasteiger partial charge is 0.194 e. The molecule has 24 heavy (non-hydrogen) atoms. The van der Waals surface area contributed by atoms with Crippen LogP contribution in [0.15, 0.2) is 47.6 Å². The largest absolute Gasteiger partial charge is 0.492 e. The van der Waals surface area contributed by atoms with Gasteiger partial charge in [0.05, 0.1) is 13.1 Å². The lowest BCUT2D eigenvalue weighted by Gasteiger charge is -2.22. The lowest BCUT2D eigenvalue weighted by Crippen LogP contribution is -2.39. The first kappa shape index (κ1) is 17.9. The molecule has 0 radical (unpaired) electrons. The maximum Gasteiger partial charge on any atom is 0.194 e. The summed E-state index contributed by atoms with van der Waals surface area (Å²) >= 11 is 0. The summed E-state index contributed by atoms with van der Waals surface area (Å²) in [6, 6.07) is 12.3. The number of hydrogen-bond acceptors (Lipinski definition) is 2. The van der Waals surface area contributed by atoms with Gasteiger partial charge in [0.1, 0.15) is 12.4 Å². The van der Waals surface area contributed by atoms with Crippen molar-refractivity contribution in [2.24, 2.45) is 12.0 Å². The fraction of sp³-hybridized carbons (Fsp3) is 0.421. The van der Waals surface area contributed by atoms with Gasteiger partial charge in [-0.2, -0.15) is 0 Å². The first-order valence-electron chi connectivity index (χ1n) is 8.39. The van der Waals surface area contributed by atoms with Crippen LogP contribution in [0.4, 0.5) is 0 Å². The van der Waals surface area contributed by atoms with E-state index in [1.54, 1.807) is 0 Å². The molecule has 0 spiro atoms. The van der Waals surface area contributed by atoms with E-state index in [0.29, 0.717) is 13.2 Å². The molecule has 2 aromatic rings. The summed E-state index contributed by atoms with van der Waals surface area (Å²) in [7, 11) is 4.11. The predicted octanol–water partition coefficient (Wildman–Crippen LogP) is 2.81. The standard InChI is InChI=1S/C19H28N4O/c1-5-20-19(23(4)15-17-7-6-13-22(17)3)21-12-14-24-18-10-8-16(2)9-11-18/h6-11,13H,5,12,14-15H2,1-4H3,(H,20,21). The fourth-order valence-electron chi connectivity index (χ4n) is 2.40. The topological polar surface area (TPSA) is 41.8 Å². The number of aliphatic imine (C=N–C) groups is 1. The van der Waals surface area contributed by atoms with Crippen LogP contribution in [0.3, 0.4) is 0 Å². The van der Waals surface area contributed by atoms with Gasteiger partial charge >= 0.3 is 0 Å². The van der Waals surface area contributed by atoms with Crippen LogP contribution >= 0.6 is 0 Å². The molecule has 0 aliphatic heterocycles. The molecule has 0 unspecified atom stereocenters. The Morgan fingerprint density at radius 2 is 2.00 bits per heavy atom.